The van der Waals surface area contributed by atoms with Gasteiger partial charge in [0.25, 0.3) is 5.91 Å². The maximum absolute atomic E-state index is 13.0. The van der Waals surface area contributed by atoms with Gasteiger partial charge in [-0.05, 0) is 47.9 Å². The molecule has 0 spiro atoms. The van der Waals surface area contributed by atoms with Gasteiger partial charge in [0.05, 0.1) is 13.2 Å². The number of benzene rings is 2. The number of hydrogen-bond donors (Lipinski definition) is 0. The van der Waals surface area contributed by atoms with Crippen LogP contribution in [0, 0.1) is 0 Å². The normalized spacial score (nSPS) is 17.3. The van der Waals surface area contributed by atoms with E-state index >= 15 is 0 Å². The lowest BCUT2D eigenvalue weighted by molar-refractivity contribution is 0.0303. The number of piperazine rings is 1. The van der Waals surface area contributed by atoms with Crippen molar-refractivity contribution in [3.05, 3.63) is 65.3 Å². The van der Waals surface area contributed by atoms with Crippen molar-refractivity contribution >= 4 is 39.8 Å². The highest BCUT2D eigenvalue weighted by Crippen LogP contribution is 2.28. The number of ether oxygens (including phenoxy) is 1. The molecule has 1 aromatic heterocycles. The third-order valence-corrected chi connectivity index (χ3v) is 6.31. The highest BCUT2D eigenvalue weighted by Gasteiger charge is 2.22. The van der Waals surface area contributed by atoms with Gasteiger partial charge in [-0.15, -0.1) is 0 Å². The van der Waals surface area contributed by atoms with Gasteiger partial charge >= 0.3 is 0 Å². The fourth-order valence-electron chi connectivity index (χ4n) is 4.32. The first-order chi connectivity index (χ1) is 15.2. The molecule has 0 bridgehead atoms. The summed E-state index contributed by atoms with van der Waals surface area (Å²) in [5.41, 5.74) is 1.90. The Morgan fingerprint density at radius 2 is 1.58 bits per heavy atom. The molecule has 0 N–H and O–H groups in total. The Kier molecular flexibility index (Phi) is 5.66. The van der Waals surface area contributed by atoms with Crippen LogP contribution in [0.15, 0.2) is 54.7 Å². The van der Waals surface area contributed by atoms with Gasteiger partial charge in [0.2, 0.25) is 0 Å². The van der Waals surface area contributed by atoms with Crippen molar-refractivity contribution < 1.29 is 9.53 Å². The number of amides is 1. The molecule has 31 heavy (non-hydrogen) atoms. The number of nitrogens with zero attached hydrogens (tertiary/aromatic N) is 4. The van der Waals surface area contributed by atoms with E-state index in [1.54, 1.807) is 0 Å². The summed E-state index contributed by atoms with van der Waals surface area (Å²) in [5, 5.41) is 2.88. The van der Waals surface area contributed by atoms with E-state index in [0.717, 1.165) is 47.8 Å². The van der Waals surface area contributed by atoms with Crippen LogP contribution in [0.5, 0.6) is 0 Å². The molecule has 2 fully saturated rings. The number of pyridine rings is 1. The van der Waals surface area contributed by atoms with Crippen LogP contribution in [-0.2, 0) is 4.74 Å². The third kappa shape index (κ3) is 4.18. The van der Waals surface area contributed by atoms with Crippen molar-refractivity contribution in [1.82, 2.24) is 9.88 Å². The maximum atomic E-state index is 13.0. The molecule has 160 valence electrons. The standard InChI is InChI=1S/C24H25ClN4O2/c25-20-3-5-21(6-4-20)27-9-11-28(12-10-27)23-22-17-19(2-1-18(22)7-8-26-23)24(30)29-13-15-31-16-14-29/h1-8,17H,9-16H2. The molecular formula is C24H25ClN4O2. The number of hydrogen-bond acceptors (Lipinski definition) is 5. The minimum atomic E-state index is 0.0626. The van der Waals surface area contributed by atoms with E-state index in [-0.39, 0.29) is 5.91 Å². The van der Waals surface area contributed by atoms with E-state index in [0.29, 0.717) is 31.9 Å². The number of carbonyl (C=O) groups excluding carboxylic acids is 1. The minimum absolute atomic E-state index is 0.0626. The van der Waals surface area contributed by atoms with Gasteiger partial charge in [-0.1, -0.05) is 17.7 Å². The Morgan fingerprint density at radius 1 is 0.871 bits per heavy atom. The highest BCUT2D eigenvalue weighted by molar-refractivity contribution is 6.30. The number of morpholine rings is 1. The molecule has 6 nitrogen and oxygen atoms in total. The number of anilines is 2. The summed E-state index contributed by atoms with van der Waals surface area (Å²) in [7, 11) is 0. The first-order valence-corrected chi connectivity index (χ1v) is 11.1. The quantitative estimate of drug-likeness (QED) is 0.626. The Balaban J connectivity index is 1.37. The van der Waals surface area contributed by atoms with Crippen LogP contribution in [0.4, 0.5) is 11.5 Å². The second kappa shape index (κ2) is 8.73. The van der Waals surface area contributed by atoms with Crippen molar-refractivity contribution in [1.29, 1.82) is 0 Å². The predicted molar refractivity (Wildman–Crippen MR) is 124 cm³/mol. The zero-order valence-electron chi connectivity index (χ0n) is 17.3. The van der Waals surface area contributed by atoms with Crippen LogP contribution >= 0.6 is 11.6 Å². The second-order valence-corrected chi connectivity index (χ2v) is 8.36. The van der Waals surface area contributed by atoms with Crippen molar-refractivity contribution in [2.24, 2.45) is 0 Å². The topological polar surface area (TPSA) is 48.9 Å². The van der Waals surface area contributed by atoms with E-state index in [9.17, 15) is 4.79 Å². The molecule has 0 saturated carbocycles. The van der Waals surface area contributed by atoms with Gasteiger partial charge < -0.3 is 19.4 Å². The van der Waals surface area contributed by atoms with Gasteiger partial charge in [-0.3, -0.25) is 4.79 Å². The van der Waals surface area contributed by atoms with E-state index in [1.165, 1.54) is 5.69 Å². The summed E-state index contributed by atoms with van der Waals surface area (Å²) in [4.78, 5) is 24.2. The lowest BCUT2D eigenvalue weighted by Gasteiger charge is -2.37. The molecule has 0 unspecified atom stereocenters. The Hall–Kier alpha value is -2.83. The van der Waals surface area contributed by atoms with Gasteiger partial charge in [0.15, 0.2) is 0 Å². The summed E-state index contributed by atoms with van der Waals surface area (Å²) in [6.45, 7) is 6.05. The summed E-state index contributed by atoms with van der Waals surface area (Å²) in [6, 6.07) is 16.0. The van der Waals surface area contributed by atoms with E-state index in [1.807, 2.05) is 47.5 Å². The van der Waals surface area contributed by atoms with Crippen molar-refractivity contribution in [3.63, 3.8) is 0 Å². The largest absolute Gasteiger partial charge is 0.378 e. The minimum Gasteiger partial charge on any atom is -0.378 e. The highest BCUT2D eigenvalue weighted by atomic mass is 35.5. The summed E-state index contributed by atoms with van der Waals surface area (Å²) in [6.07, 6.45) is 1.85. The molecule has 1 amide bonds. The number of carbonyl (C=O) groups is 1. The fraction of sp³-hybridized carbons (Fsp3) is 0.333. The molecule has 2 aromatic carbocycles. The van der Waals surface area contributed by atoms with Crippen LogP contribution in [0.3, 0.4) is 0 Å². The fourth-order valence-corrected chi connectivity index (χ4v) is 4.44. The van der Waals surface area contributed by atoms with Gasteiger partial charge in [-0.2, -0.15) is 0 Å². The summed E-state index contributed by atoms with van der Waals surface area (Å²) >= 11 is 6.03. The lowest BCUT2D eigenvalue weighted by Crippen LogP contribution is -2.46. The molecule has 0 radical (unpaired) electrons. The average Bonchev–Trinajstić information content (AvgIpc) is 2.84. The van der Waals surface area contributed by atoms with Crippen molar-refractivity contribution in [3.8, 4) is 0 Å². The zero-order chi connectivity index (χ0) is 21.2. The molecule has 2 aliphatic heterocycles. The number of fused-ring (bicyclic) bond motifs is 1. The van der Waals surface area contributed by atoms with E-state index in [4.69, 9.17) is 21.3 Å². The van der Waals surface area contributed by atoms with E-state index in [2.05, 4.69) is 21.9 Å². The second-order valence-electron chi connectivity index (χ2n) is 7.93. The predicted octanol–water partition coefficient (Wildman–Crippen LogP) is 3.69. The molecule has 0 atom stereocenters. The Labute approximate surface area is 187 Å². The van der Waals surface area contributed by atoms with Crippen LogP contribution in [-0.4, -0.2) is 68.3 Å². The molecule has 0 aliphatic carbocycles. The van der Waals surface area contributed by atoms with Crippen molar-refractivity contribution in [2.45, 2.75) is 0 Å². The monoisotopic (exact) mass is 436 g/mol. The molecule has 3 heterocycles. The molecule has 7 heteroatoms. The van der Waals surface area contributed by atoms with Crippen LogP contribution < -0.4 is 9.80 Å². The first kappa shape index (κ1) is 20.1. The van der Waals surface area contributed by atoms with Gasteiger partial charge in [-0.25, -0.2) is 4.98 Å². The van der Waals surface area contributed by atoms with E-state index < -0.39 is 0 Å². The third-order valence-electron chi connectivity index (χ3n) is 6.06. The molecular weight excluding hydrogens is 412 g/mol. The molecule has 5 rings (SSSR count). The maximum Gasteiger partial charge on any atom is 0.254 e. The number of rotatable bonds is 3. The summed E-state index contributed by atoms with van der Waals surface area (Å²) in [5.74, 6) is 1.01. The Morgan fingerprint density at radius 3 is 2.32 bits per heavy atom. The number of halogens is 1. The Bertz CT molecular complexity index is 1070. The van der Waals surface area contributed by atoms with Crippen LogP contribution in [0.1, 0.15) is 10.4 Å². The first-order valence-electron chi connectivity index (χ1n) is 10.7. The van der Waals surface area contributed by atoms with Crippen molar-refractivity contribution in [2.75, 3.05) is 62.3 Å². The summed E-state index contributed by atoms with van der Waals surface area (Å²) < 4.78 is 5.38. The van der Waals surface area contributed by atoms with Crippen LogP contribution in [0.25, 0.3) is 10.8 Å². The average molecular weight is 437 g/mol. The molecule has 3 aromatic rings. The molecule has 2 saturated heterocycles. The zero-order valence-corrected chi connectivity index (χ0v) is 18.1. The smallest absolute Gasteiger partial charge is 0.254 e. The lowest BCUT2D eigenvalue weighted by atomic mass is 10.1. The molecule has 2 aliphatic rings. The van der Waals surface area contributed by atoms with Gasteiger partial charge in [0.1, 0.15) is 5.82 Å². The van der Waals surface area contributed by atoms with Crippen LogP contribution in [0.2, 0.25) is 5.02 Å². The number of aromatic nitrogens is 1. The SMILES string of the molecule is O=C(c1ccc2ccnc(N3CCN(c4ccc(Cl)cc4)CC3)c2c1)N1CCOCC1. The van der Waals surface area contributed by atoms with Gasteiger partial charge in [0, 0.05) is 67.1 Å².